The highest BCUT2D eigenvalue weighted by Gasteiger charge is 2.07. The second-order valence-electron chi connectivity index (χ2n) is 4.05. The van der Waals surface area contributed by atoms with Gasteiger partial charge in [0.2, 0.25) is 0 Å². The highest BCUT2D eigenvalue weighted by Crippen LogP contribution is 2.28. The first-order valence-corrected chi connectivity index (χ1v) is 6.42. The van der Waals surface area contributed by atoms with Crippen molar-refractivity contribution in [3.63, 3.8) is 0 Å². The number of para-hydroxylation sites is 1. The van der Waals surface area contributed by atoms with E-state index < -0.39 is 0 Å². The fraction of sp³-hybridized carbons (Fsp3) is 0.133. The van der Waals surface area contributed by atoms with Crippen LogP contribution in [-0.2, 0) is 6.61 Å². The molecule has 0 saturated heterocycles. The lowest BCUT2D eigenvalue weighted by Gasteiger charge is -2.10. The van der Waals surface area contributed by atoms with E-state index in [1.165, 1.54) is 5.56 Å². The predicted molar refractivity (Wildman–Crippen MR) is 75.0 cm³/mol. The van der Waals surface area contributed by atoms with Crippen LogP contribution in [0.25, 0.3) is 0 Å². The van der Waals surface area contributed by atoms with Gasteiger partial charge < -0.3 is 4.74 Å². The molecule has 0 spiro atoms. The van der Waals surface area contributed by atoms with Gasteiger partial charge in [-0.05, 0) is 40.5 Å². The zero-order chi connectivity index (χ0) is 13.0. The molecule has 0 radical (unpaired) electrons. The van der Waals surface area contributed by atoms with E-state index in [4.69, 9.17) is 4.74 Å². The minimum Gasteiger partial charge on any atom is -0.487 e. The Labute approximate surface area is 115 Å². The molecule has 0 aromatic heterocycles. The van der Waals surface area contributed by atoms with E-state index in [0.29, 0.717) is 17.9 Å². The smallest absolute Gasteiger partial charge is 0.153 e. The molecule has 2 rings (SSSR count). The topological polar surface area (TPSA) is 26.3 Å². The van der Waals surface area contributed by atoms with E-state index in [0.717, 1.165) is 16.3 Å². The quantitative estimate of drug-likeness (QED) is 0.793. The first kappa shape index (κ1) is 12.8. The highest BCUT2D eigenvalue weighted by atomic mass is 79.9. The molecule has 0 N–H and O–H groups in total. The van der Waals surface area contributed by atoms with E-state index in [9.17, 15) is 4.79 Å². The van der Waals surface area contributed by atoms with Crippen molar-refractivity contribution in [1.29, 1.82) is 0 Å². The van der Waals surface area contributed by atoms with Gasteiger partial charge in [0, 0.05) is 0 Å². The molecule has 0 amide bonds. The molecule has 0 aliphatic heterocycles. The van der Waals surface area contributed by atoms with Crippen LogP contribution in [0.1, 0.15) is 21.5 Å². The van der Waals surface area contributed by atoms with Gasteiger partial charge in [-0.15, -0.1) is 0 Å². The van der Waals surface area contributed by atoms with Crippen molar-refractivity contribution in [2.24, 2.45) is 0 Å². The Morgan fingerprint density at radius 2 is 2.00 bits per heavy atom. The molecule has 0 atom stereocenters. The van der Waals surface area contributed by atoms with Gasteiger partial charge in [0.15, 0.2) is 6.29 Å². The fourth-order valence-electron chi connectivity index (χ4n) is 1.73. The number of halogens is 1. The van der Waals surface area contributed by atoms with Crippen LogP contribution in [0.3, 0.4) is 0 Å². The number of carbonyl (C=O) groups excluding carboxylic acids is 1. The second-order valence-corrected chi connectivity index (χ2v) is 4.91. The first-order chi connectivity index (χ1) is 8.70. The lowest BCUT2D eigenvalue weighted by molar-refractivity contribution is 0.111. The Morgan fingerprint density at radius 1 is 1.22 bits per heavy atom. The number of carbonyl (C=O) groups is 1. The van der Waals surface area contributed by atoms with Crippen LogP contribution in [-0.4, -0.2) is 6.29 Å². The molecular formula is C15H13BrO2. The summed E-state index contributed by atoms with van der Waals surface area (Å²) >= 11 is 3.39. The molecule has 18 heavy (non-hydrogen) atoms. The van der Waals surface area contributed by atoms with E-state index >= 15 is 0 Å². The summed E-state index contributed by atoms with van der Waals surface area (Å²) < 4.78 is 6.51. The van der Waals surface area contributed by atoms with E-state index in [1.54, 1.807) is 6.07 Å². The van der Waals surface area contributed by atoms with Crippen LogP contribution >= 0.6 is 15.9 Å². The summed E-state index contributed by atoms with van der Waals surface area (Å²) in [6, 6.07) is 13.5. The Kier molecular flexibility index (Phi) is 4.15. The molecule has 0 saturated carbocycles. The highest BCUT2D eigenvalue weighted by molar-refractivity contribution is 9.10. The molecule has 0 fully saturated rings. The molecule has 0 bridgehead atoms. The maximum absolute atomic E-state index is 10.9. The lowest BCUT2D eigenvalue weighted by Crippen LogP contribution is -1.99. The number of rotatable bonds is 4. The summed E-state index contributed by atoms with van der Waals surface area (Å²) in [4.78, 5) is 10.9. The summed E-state index contributed by atoms with van der Waals surface area (Å²) in [6.07, 6.45) is 0.802. The van der Waals surface area contributed by atoms with Crippen LogP contribution in [0.5, 0.6) is 5.75 Å². The van der Waals surface area contributed by atoms with Crippen LogP contribution in [0.15, 0.2) is 46.9 Å². The number of aldehydes is 1. The van der Waals surface area contributed by atoms with Crippen molar-refractivity contribution in [2.45, 2.75) is 13.5 Å². The number of hydrogen-bond donors (Lipinski definition) is 0. The predicted octanol–water partition coefficient (Wildman–Crippen LogP) is 4.15. The van der Waals surface area contributed by atoms with E-state index in [2.05, 4.69) is 22.0 Å². The van der Waals surface area contributed by atoms with Crippen LogP contribution in [0, 0.1) is 6.92 Å². The average Bonchev–Trinajstić information content (AvgIpc) is 2.37. The van der Waals surface area contributed by atoms with Gasteiger partial charge in [0.05, 0.1) is 10.0 Å². The van der Waals surface area contributed by atoms with Crippen molar-refractivity contribution in [3.8, 4) is 5.75 Å². The third kappa shape index (κ3) is 2.99. The van der Waals surface area contributed by atoms with Crippen molar-refractivity contribution in [2.75, 3.05) is 0 Å². The summed E-state index contributed by atoms with van der Waals surface area (Å²) in [5.41, 5.74) is 2.83. The molecule has 0 aliphatic rings. The molecule has 3 heteroatoms. The number of benzene rings is 2. The largest absolute Gasteiger partial charge is 0.487 e. The minimum absolute atomic E-state index is 0.450. The van der Waals surface area contributed by atoms with Gasteiger partial charge in [-0.2, -0.15) is 0 Å². The SMILES string of the molecule is Cc1cccc(COc2c(Br)cccc2C=O)c1. The normalized spacial score (nSPS) is 10.1. The molecule has 0 aliphatic carbocycles. The van der Waals surface area contributed by atoms with E-state index in [1.807, 2.05) is 37.3 Å². The standard InChI is InChI=1S/C15H13BrO2/c1-11-4-2-5-12(8-11)10-18-15-13(9-17)6-3-7-14(15)16/h2-9H,10H2,1H3. The van der Waals surface area contributed by atoms with Gasteiger partial charge >= 0.3 is 0 Å². The monoisotopic (exact) mass is 304 g/mol. The Bertz CT molecular complexity index is 564. The third-order valence-electron chi connectivity index (χ3n) is 2.59. The van der Waals surface area contributed by atoms with Gasteiger partial charge in [-0.3, -0.25) is 4.79 Å². The van der Waals surface area contributed by atoms with Gasteiger partial charge in [0.1, 0.15) is 12.4 Å². The van der Waals surface area contributed by atoms with E-state index in [-0.39, 0.29) is 0 Å². The van der Waals surface area contributed by atoms with Gasteiger partial charge in [-0.25, -0.2) is 0 Å². The molecular weight excluding hydrogens is 292 g/mol. The maximum Gasteiger partial charge on any atom is 0.153 e. The summed E-state index contributed by atoms with van der Waals surface area (Å²) in [5, 5.41) is 0. The molecule has 2 aromatic rings. The van der Waals surface area contributed by atoms with Crippen molar-refractivity contribution < 1.29 is 9.53 Å². The van der Waals surface area contributed by atoms with Crippen LogP contribution in [0.2, 0.25) is 0 Å². The first-order valence-electron chi connectivity index (χ1n) is 5.63. The number of aryl methyl sites for hydroxylation is 1. The molecule has 92 valence electrons. The van der Waals surface area contributed by atoms with Crippen molar-refractivity contribution >= 4 is 22.2 Å². The molecule has 2 nitrogen and oxygen atoms in total. The molecule has 0 unspecified atom stereocenters. The molecule has 0 heterocycles. The zero-order valence-corrected chi connectivity index (χ0v) is 11.6. The number of ether oxygens (including phenoxy) is 1. The van der Waals surface area contributed by atoms with Crippen molar-refractivity contribution in [3.05, 3.63) is 63.6 Å². The minimum atomic E-state index is 0.450. The fourth-order valence-corrected chi connectivity index (χ4v) is 2.22. The van der Waals surface area contributed by atoms with Crippen molar-refractivity contribution in [1.82, 2.24) is 0 Å². The Morgan fingerprint density at radius 3 is 2.72 bits per heavy atom. The third-order valence-corrected chi connectivity index (χ3v) is 3.21. The molecule has 2 aromatic carbocycles. The lowest BCUT2D eigenvalue weighted by atomic mass is 10.1. The van der Waals surface area contributed by atoms with Crippen LogP contribution in [0.4, 0.5) is 0 Å². The van der Waals surface area contributed by atoms with Crippen LogP contribution < -0.4 is 4.74 Å². The maximum atomic E-state index is 10.9. The summed E-state index contributed by atoms with van der Waals surface area (Å²) in [5.74, 6) is 0.592. The zero-order valence-electron chi connectivity index (χ0n) is 10.0. The summed E-state index contributed by atoms with van der Waals surface area (Å²) in [7, 11) is 0. The average molecular weight is 305 g/mol. The van der Waals surface area contributed by atoms with Gasteiger partial charge in [0.25, 0.3) is 0 Å². The summed E-state index contributed by atoms with van der Waals surface area (Å²) in [6.45, 7) is 2.49. The second kappa shape index (κ2) is 5.83. The Hall–Kier alpha value is -1.61. The Balaban J connectivity index is 2.18. The van der Waals surface area contributed by atoms with Gasteiger partial charge in [-0.1, -0.05) is 35.9 Å². The number of hydrogen-bond acceptors (Lipinski definition) is 2.